The molecule has 2 aliphatic rings. The maximum atomic E-state index is 15.5. The highest BCUT2D eigenvalue weighted by molar-refractivity contribution is 7.92. The Hall–Kier alpha value is -6.49. The molecule has 0 aliphatic heterocycles. The van der Waals surface area contributed by atoms with E-state index < -0.39 is 112 Å². The number of hydrogen-bond acceptors (Lipinski definition) is 9. The second-order valence-electron chi connectivity index (χ2n) is 15.3. The van der Waals surface area contributed by atoms with Gasteiger partial charge >= 0.3 is 0 Å². The first-order valence-corrected chi connectivity index (χ1v) is 21.4. The fourth-order valence-corrected chi connectivity index (χ4v) is 9.07. The fraction of sp³-hybridized carbons (Fsp3) is 0.275. The van der Waals surface area contributed by atoms with E-state index in [1.165, 1.54) is 42.7 Å². The summed E-state index contributed by atoms with van der Waals surface area (Å²) >= 11 is 6.56. The van der Waals surface area contributed by atoms with Crippen molar-refractivity contribution in [2.45, 2.75) is 56.7 Å². The van der Waals surface area contributed by atoms with Crippen molar-refractivity contribution >= 4 is 55.2 Å². The summed E-state index contributed by atoms with van der Waals surface area (Å²) in [5.41, 5.74) is -3.51. The number of rotatable bonds is 13. The lowest BCUT2D eigenvalue weighted by atomic mass is 10.0. The highest BCUT2D eigenvalue weighted by Crippen LogP contribution is 2.68. The summed E-state index contributed by atoms with van der Waals surface area (Å²) in [6, 6.07) is 8.92. The molecule has 7 aromatic rings. The van der Waals surface area contributed by atoms with E-state index in [-0.39, 0.29) is 55.9 Å². The number of nitrogens with one attached hydrogen (secondary N) is 2. The van der Waals surface area contributed by atoms with Gasteiger partial charge in [0.05, 0.1) is 44.8 Å². The standard InChI is InChI=1S/C40H29ClF8N10O4S/c1-64(62,63)56-37-31-24(41)5-6-27(33(31)57(55-37)15-28(44)45)59-38(53-25-12-18(3-4-21(25)39(59)61)36-50-7-2-8-51-36)26(11-17-9-19(42)13-20(43)10-17)52-29(60)16-58-34-30(32(54-58)35(46)47)22-14-23(22)40(34,48)49/h2-10,12-13,22-23,26,28,35H,11,14-16H2,1H3,(H,52,60)(H,55,56)/t22-,23+,26-/m0/s1. The number of halogens is 9. The van der Waals surface area contributed by atoms with Crippen LogP contribution in [0.25, 0.3) is 38.9 Å². The summed E-state index contributed by atoms with van der Waals surface area (Å²) < 4.78 is 146. The molecule has 1 fully saturated rings. The molecular weight excluding hydrogens is 904 g/mol. The molecule has 14 nitrogen and oxygen atoms in total. The number of carbonyl (C=O) groups excluding carboxylic acids is 1. The van der Waals surface area contributed by atoms with Gasteiger partial charge in [-0.15, -0.1) is 0 Å². The zero-order valence-corrected chi connectivity index (χ0v) is 34.2. The molecule has 2 N–H and O–H groups in total. The van der Waals surface area contributed by atoms with Crippen LogP contribution in [-0.2, 0) is 40.3 Å². The number of anilines is 1. The van der Waals surface area contributed by atoms with E-state index in [4.69, 9.17) is 16.6 Å². The van der Waals surface area contributed by atoms with Crippen molar-refractivity contribution in [2.24, 2.45) is 5.92 Å². The smallest absolute Gasteiger partial charge is 0.293 e. The third-order valence-electron chi connectivity index (χ3n) is 10.8. The molecule has 1 amide bonds. The second kappa shape index (κ2) is 15.6. The van der Waals surface area contributed by atoms with Gasteiger partial charge in [-0.05, 0) is 60.4 Å². The van der Waals surface area contributed by atoms with E-state index in [9.17, 15) is 39.6 Å². The highest BCUT2D eigenvalue weighted by Gasteiger charge is 2.67. The second-order valence-corrected chi connectivity index (χ2v) is 17.4. The third-order valence-corrected chi connectivity index (χ3v) is 11.7. The van der Waals surface area contributed by atoms with Crippen molar-refractivity contribution in [3.8, 4) is 17.1 Å². The maximum absolute atomic E-state index is 15.5. The number of fused-ring (bicyclic) bond motifs is 5. The molecule has 2 aliphatic carbocycles. The predicted molar refractivity (Wildman–Crippen MR) is 214 cm³/mol. The Bertz CT molecular complexity index is 3200. The van der Waals surface area contributed by atoms with E-state index >= 15 is 13.6 Å². The highest BCUT2D eigenvalue weighted by atomic mass is 35.5. The largest absolute Gasteiger partial charge is 0.344 e. The third kappa shape index (κ3) is 7.68. The fourth-order valence-electron chi connectivity index (χ4n) is 8.33. The molecule has 1 saturated carbocycles. The summed E-state index contributed by atoms with van der Waals surface area (Å²) in [7, 11) is -4.13. The van der Waals surface area contributed by atoms with Crippen molar-refractivity contribution in [3.63, 3.8) is 0 Å². The van der Waals surface area contributed by atoms with Gasteiger partial charge in [0.2, 0.25) is 15.9 Å². The van der Waals surface area contributed by atoms with Crippen molar-refractivity contribution < 1.29 is 48.3 Å². The van der Waals surface area contributed by atoms with Crippen LogP contribution >= 0.6 is 11.6 Å². The molecule has 3 atom stereocenters. The van der Waals surface area contributed by atoms with E-state index in [2.05, 4.69) is 30.2 Å². The summed E-state index contributed by atoms with van der Waals surface area (Å²) in [5.74, 6) is -9.74. The minimum absolute atomic E-state index is 0.0485. The van der Waals surface area contributed by atoms with Crippen LogP contribution in [0.1, 0.15) is 53.1 Å². The average Bonchev–Trinajstić information content (AvgIpc) is 3.74. The number of benzene rings is 3. The summed E-state index contributed by atoms with van der Waals surface area (Å²) in [6.07, 6.45) is -3.33. The summed E-state index contributed by atoms with van der Waals surface area (Å²) in [4.78, 5) is 42.3. The van der Waals surface area contributed by atoms with Crippen LogP contribution < -0.4 is 15.6 Å². The van der Waals surface area contributed by atoms with E-state index in [1.807, 2.05) is 0 Å². The van der Waals surface area contributed by atoms with Crippen molar-refractivity contribution in [2.75, 3.05) is 11.0 Å². The molecule has 3 aromatic carbocycles. The molecule has 332 valence electrons. The lowest BCUT2D eigenvalue weighted by Crippen LogP contribution is -2.38. The Morgan fingerprint density at radius 3 is 2.38 bits per heavy atom. The zero-order chi connectivity index (χ0) is 45.6. The van der Waals surface area contributed by atoms with E-state index in [1.54, 1.807) is 6.07 Å². The maximum Gasteiger partial charge on any atom is 0.293 e. The van der Waals surface area contributed by atoms with Crippen molar-refractivity contribution in [1.29, 1.82) is 0 Å². The predicted octanol–water partition coefficient (Wildman–Crippen LogP) is 7.20. The number of carbonyl (C=O) groups is 1. The topological polar surface area (TPSA) is 172 Å². The Morgan fingerprint density at radius 1 is 0.984 bits per heavy atom. The normalized spacial score (nSPS) is 17.0. The summed E-state index contributed by atoms with van der Waals surface area (Å²) in [6.45, 7) is -2.23. The van der Waals surface area contributed by atoms with E-state index in [0.717, 1.165) is 23.0 Å². The number of alkyl halides is 6. The first-order chi connectivity index (χ1) is 30.3. The Labute approximate surface area is 360 Å². The quantitative estimate of drug-likeness (QED) is 0.114. The van der Waals surface area contributed by atoms with Crippen LogP contribution in [0.2, 0.25) is 5.02 Å². The van der Waals surface area contributed by atoms with Crippen LogP contribution in [-0.4, -0.2) is 66.1 Å². The molecule has 9 rings (SSSR count). The first kappa shape index (κ1) is 42.8. The first-order valence-electron chi connectivity index (χ1n) is 19.1. The number of nitrogens with zero attached hydrogens (tertiary/aromatic N) is 8. The number of hydrogen-bond donors (Lipinski definition) is 2. The van der Waals surface area contributed by atoms with Crippen LogP contribution in [0.15, 0.2) is 71.8 Å². The number of aromatic nitrogens is 8. The number of sulfonamides is 1. The van der Waals surface area contributed by atoms with Crippen LogP contribution in [0.5, 0.6) is 0 Å². The van der Waals surface area contributed by atoms with Gasteiger partial charge in [0.25, 0.3) is 24.3 Å². The lowest BCUT2D eigenvalue weighted by molar-refractivity contribution is -0.123. The van der Waals surface area contributed by atoms with Crippen molar-refractivity contribution in [1.82, 2.24) is 44.4 Å². The minimum atomic E-state index is -4.13. The lowest BCUT2D eigenvalue weighted by Gasteiger charge is -2.24. The average molecular weight is 933 g/mol. The van der Waals surface area contributed by atoms with Gasteiger partial charge in [0.1, 0.15) is 41.9 Å². The van der Waals surface area contributed by atoms with Gasteiger partial charge in [-0.1, -0.05) is 17.7 Å². The van der Waals surface area contributed by atoms with Gasteiger partial charge < -0.3 is 5.32 Å². The molecule has 24 heteroatoms. The Kier molecular flexibility index (Phi) is 10.5. The molecule has 0 radical (unpaired) electrons. The van der Waals surface area contributed by atoms with Crippen LogP contribution in [0.4, 0.5) is 40.9 Å². The van der Waals surface area contributed by atoms with Crippen LogP contribution in [0, 0.1) is 17.6 Å². The van der Waals surface area contributed by atoms with Crippen molar-refractivity contribution in [3.05, 3.63) is 122 Å². The molecular formula is C40H29ClF8N10O4S. The van der Waals surface area contributed by atoms with Gasteiger partial charge in [-0.2, -0.15) is 19.0 Å². The molecule has 0 spiro atoms. The molecule has 4 aromatic heterocycles. The molecule has 0 saturated heterocycles. The van der Waals surface area contributed by atoms with Gasteiger partial charge in [0, 0.05) is 41.9 Å². The van der Waals surface area contributed by atoms with Gasteiger partial charge in [-0.25, -0.2) is 49.7 Å². The van der Waals surface area contributed by atoms with Gasteiger partial charge in [0.15, 0.2) is 11.6 Å². The minimum Gasteiger partial charge on any atom is -0.344 e. The Morgan fingerprint density at radius 2 is 1.70 bits per heavy atom. The SMILES string of the molecule is CS(=O)(=O)Nc1nn(CC(F)F)c2c(-n3c([C@H](Cc4cc(F)cc(F)c4)NC(=O)Cn4nc(C(F)F)c5c4C(F)(F)[C@@H]4C[C@H]54)nc4cc(-c5ncccn5)ccc4c3=O)ccc(Cl)c12. The Balaban J connectivity index is 1.28. The number of amides is 1. The monoisotopic (exact) mass is 932 g/mol. The summed E-state index contributed by atoms with van der Waals surface area (Å²) in [5, 5.41) is 9.75. The van der Waals surface area contributed by atoms with Crippen LogP contribution in [0.3, 0.4) is 0 Å². The molecule has 0 unspecified atom stereocenters. The zero-order valence-electron chi connectivity index (χ0n) is 32.6. The molecule has 64 heavy (non-hydrogen) atoms. The van der Waals surface area contributed by atoms with Gasteiger partial charge in [-0.3, -0.25) is 28.2 Å². The molecule has 0 bridgehead atoms. The van der Waals surface area contributed by atoms with E-state index in [0.29, 0.717) is 21.0 Å². The molecule has 4 heterocycles.